The number of benzene rings is 1. The summed E-state index contributed by atoms with van der Waals surface area (Å²) in [5, 5.41) is 3.06. The zero-order valence-corrected chi connectivity index (χ0v) is 10.7. The molecule has 0 saturated heterocycles. The number of hydrogen-bond donors (Lipinski definition) is 1. The van der Waals surface area contributed by atoms with E-state index in [1.807, 2.05) is 31.2 Å². The van der Waals surface area contributed by atoms with Gasteiger partial charge in [-0.3, -0.25) is 4.79 Å². The molecule has 0 spiro atoms. The van der Waals surface area contributed by atoms with Crippen molar-refractivity contribution in [3.8, 4) is 0 Å². The van der Waals surface area contributed by atoms with Crippen LogP contribution in [0.5, 0.6) is 0 Å². The van der Waals surface area contributed by atoms with Crippen LogP contribution in [0, 0.1) is 6.92 Å². The van der Waals surface area contributed by atoms with Crippen LogP contribution in [0.2, 0.25) is 5.15 Å². The van der Waals surface area contributed by atoms with Gasteiger partial charge in [0.25, 0.3) is 5.91 Å². The molecule has 0 aliphatic rings. The number of nitrogens with one attached hydrogen (secondary N) is 1. The summed E-state index contributed by atoms with van der Waals surface area (Å²) in [6, 6.07) is 11.3. The summed E-state index contributed by atoms with van der Waals surface area (Å²) in [5.74, 6) is -0.212. The Morgan fingerprint density at radius 2 is 2.06 bits per heavy atom. The van der Waals surface area contributed by atoms with E-state index in [0.717, 1.165) is 11.1 Å². The van der Waals surface area contributed by atoms with Crippen LogP contribution in [0.25, 0.3) is 0 Å². The lowest BCUT2D eigenvalue weighted by atomic mass is 10.1. The maximum atomic E-state index is 11.9. The monoisotopic (exact) mass is 260 g/mol. The van der Waals surface area contributed by atoms with Crippen molar-refractivity contribution in [3.05, 3.63) is 64.4 Å². The van der Waals surface area contributed by atoms with Gasteiger partial charge in [0.05, 0.1) is 5.56 Å². The van der Waals surface area contributed by atoms with E-state index >= 15 is 0 Å². The number of aromatic nitrogens is 1. The number of pyridine rings is 1. The van der Waals surface area contributed by atoms with Gasteiger partial charge in [-0.15, -0.1) is 0 Å². The minimum Gasteiger partial charge on any atom is -0.348 e. The molecule has 0 aliphatic carbocycles. The Bertz CT molecular complexity index is 569. The fourth-order valence-corrected chi connectivity index (χ4v) is 1.84. The van der Waals surface area contributed by atoms with Crippen molar-refractivity contribution in [2.45, 2.75) is 13.5 Å². The van der Waals surface area contributed by atoms with Gasteiger partial charge in [0.15, 0.2) is 0 Å². The molecule has 3 nitrogen and oxygen atoms in total. The Kier molecular flexibility index (Phi) is 3.95. The molecular formula is C14H13ClN2O. The third-order valence-corrected chi connectivity index (χ3v) is 3.01. The number of hydrogen-bond acceptors (Lipinski definition) is 2. The largest absolute Gasteiger partial charge is 0.348 e. The van der Waals surface area contributed by atoms with Crippen molar-refractivity contribution in [1.82, 2.24) is 10.3 Å². The van der Waals surface area contributed by atoms with Gasteiger partial charge in [0.1, 0.15) is 5.15 Å². The molecule has 0 fully saturated rings. The van der Waals surface area contributed by atoms with Crippen LogP contribution in [0.15, 0.2) is 42.6 Å². The number of rotatable bonds is 3. The first-order valence-electron chi connectivity index (χ1n) is 5.61. The molecule has 18 heavy (non-hydrogen) atoms. The van der Waals surface area contributed by atoms with E-state index in [1.165, 1.54) is 0 Å². The Morgan fingerprint density at radius 1 is 1.28 bits per heavy atom. The number of nitrogens with zero attached hydrogens (tertiary/aromatic N) is 1. The zero-order chi connectivity index (χ0) is 13.0. The van der Waals surface area contributed by atoms with Crippen LogP contribution >= 0.6 is 11.6 Å². The molecule has 1 amide bonds. The topological polar surface area (TPSA) is 42.0 Å². The van der Waals surface area contributed by atoms with E-state index in [0.29, 0.717) is 12.1 Å². The van der Waals surface area contributed by atoms with Crippen LogP contribution in [0.1, 0.15) is 21.5 Å². The molecule has 1 N–H and O–H groups in total. The van der Waals surface area contributed by atoms with Crippen LogP contribution in [-0.4, -0.2) is 10.9 Å². The lowest BCUT2D eigenvalue weighted by molar-refractivity contribution is 0.0950. The van der Waals surface area contributed by atoms with Crippen molar-refractivity contribution in [2.75, 3.05) is 0 Å². The Hall–Kier alpha value is -1.87. The summed E-state index contributed by atoms with van der Waals surface area (Å²) < 4.78 is 0. The van der Waals surface area contributed by atoms with Gasteiger partial charge in [0, 0.05) is 12.7 Å². The van der Waals surface area contributed by atoms with Gasteiger partial charge in [-0.1, -0.05) is 35.9 Å². The minimum atomic E-state index is -0.212. The first kappa shape index (κ1) is 12.6. The molecule has 0 aliphatic heterocycles. The molecule has 0 saturated carbocycles. The predicted molar refractivity (Wildman–Crippen MR) is 71.6 cm³/mol. The Balaban J connectivity index is 2.06. The molecule has 0 radical (unpaired) electrons. The third kappa shape index (κ3) is 2.87. The zero-order valence-electron chi connectivity index (χ0n) is 9.98. The molecule has 1 heterocycles. The quantitative estimate of drug-likeness (QED) is 0.862. The second kappa shape index (κ2) is 5.65. The summed E-state index contributed by atoms with van der Waals surface area (Å²) >= 11 is 5.86. The lowest BCUT2D eigenvalue weighted by Gasteiger charge is -2.08. The molecule has 1 aromatic heterocycles. The predicted octanol–water partition coefficient (Wildman–Crippen LogP) is 2.97. The van der Waals surface area contributed by atoms with E-state index in [1.54, 1.807) is 18.3 Å². The molecule has 0 unspecified atom stereocenters. The average Bonchev–Trinajstić information content (AvgIpc) is 2.38. The summed E-state index contributed by atoms with van der Waals surface area (Å²) in [6.45, 7) is 2.50. The molecule has 2 rings (SSSR count). The fourth-order valence-electron chi connectivity index (χ4n) is 1.63. The van der Waals surface area contributed by atoms with Crippen molar-refractivity contribution >= 4 is 17.5 Å². The second-order valence-electron chi connectivity index (χ2n) is 3.95. The smallest absolute Gasteiger partial charge is 0.254 e. The molecule has 4 heteroatoms. The second-order valence-corrected chi connectivity index (χ2v) is 4.31. The number of carbonyl (C=O) groups excluding carboxylic acids is 1. The van der Waals surface area contributed by atoms with E-state index in [9.17, 15) is 4.79 Å². The van der Waals surface area contributed by atoms with Crippen molar-refractivity contribution in [3.63, 3.8) is 0 Å². The van der Waals surface area contributed by atoms with Gasteiger partial charge in [0.2, 0.25) is 0 Å². The van der Waals surface area contributed by atoms with E-state index < -0.39 is 0 Å². The number of amides is 1. The van der Waals surface area contributed by atoms with E-state index in [2.05, 4.69) is 10.3 Å². The Morgan fingerprint density at radius 3 is 2.78 bits per heavy atom. The minimum absolute atomic E-state index is 0.212. The molecule has 92 valence electrons. The molecule has 0 atom stereocenters. The number of aryl methyl sites for hydroxylation is 1. The third-order valence-electron chi connectivity index (χ3n) is 2.70. The average molecular weight is 261 g/mol. The highest BCUT2D eigenvalue weighted by atomic mass is 35.5. The molecule has 1 aromatic carbocycles. The van der Waals surface area contributed by atoms with Gasteiger partial charge >= 0.3 is 0 Å². The summed E-state index contributed by atoms with van der Waals surface area (Å²) in [4.78, 5) is 15.8. The number of halogens is 1. The first-order valence-corrected chi connectivity index (χ1v) is 5.99. The first-order chi connectivity index (χ1) is 8.68. The standard InChI is InChI=1S/C14H13ClN2O/c1-10-5-2-3-6-11(10)9-17-14(18)12-7-4-8-16-13(12)15/h2-8H,9H2,1H3,(H,17,18). The van der Waals surface area contributed by atoms with Crippen LogP contribution in [-0.2, 0) is 6.54 Å². The van der Waals surface area contributed by atoms with Crippen LogP contribution in [0.3, 0.4) is 0 Å². The number of carbonyl (C=O) groups is 1. The summed E-state index contributed by atoms with van der Waals surface area (Å²) in [6.07, 6.45) is 1.56. The summed E-state index contributed by atoms with van der Waals surface area (Å²) in [5.41, 5.74) is 2.63. The fraction of sp³-hybridized carbons (Fsp3) is 0.143. The van der Waals surface area contributed by atoms with Gasteiger partial charge < -0.3 is 5.32 Å². The van der Waals surface area contributed by atoms with Crippen LogP contribution < -0.4 is 5.32 Å². The van der Waals surface area contributed by atoms with Gasteiger partial charge in [-0.05, 0) is 30.2 Å². The maximum absolute atomic E-state index is 11.9. The van der Waals surface area contributed by atoms with E-state index in [4.69, 9.17) is 11.6 Å². The molecule has 0 bridgehead atoms. The SMILES string of the molecule is Cc1ccccc1CNC(=O)c1cccnc1Cl. The van der Waals surface area contributed by atoms with Crippen LogP contribution in [0.4, 0.5) is 0 Å². The summed E-state index contributed by atoms with van der Waals surface area (Å²) in [7, 11) is 0. The lowest BCUT2D eigenvalue weighted by Crippen LogP contribution is -2.23. The highest BCUT2D eigenvalue weighted by Gasteiger charge is 2.10. The van der Waals surface area contributed by atoms with Gasteiger partial charge in [-0.25, -0.2) is 4.98 Å². The molecular weight excluding hydrogens is 248 g/mol. The highest BCUT2D eigenvalue weighted by molar-refractivity contribution is 6.32. The van der Waals surface area contributed by atoms with Crippen molar-refractivity contribution in [1.29, 1.82) is 0 Å². The molecule has 2 aromatic rings. The Labute approximate surface area is 111 Å². The highest BCUT2D eigenvalue weighted by Crippen LogP contribution is 2.12. The normalized spacial score (nSPS) is 10.1. The van der Waals surface area contributed by atoms with Crippen molar-refractivity contribution in [2.24, 2.45) is 0 Å². The van der Waals surface area contributed by atoms with Crippen molar-refractivity contribution < 1.29 is 4.79 Å². The maximum Gasteiger partial charge on any atom is 0.254 e. The van der Waals surface area contributed by atoms with E-state index in [-0.39, 0.29) is 11.1 Å². The van der Waals surface area contributed by atoms with Gasteiger partial charge in [-0.2, -0.15) is 0 Å².